The van der Waals surface area contributed by atoms with E-state index in [1.807, 2.05) is 30.5 Å². The fraction of sp³-hybridized carbons (Fsp3) is 0.286. The van der Waals surface area contributed by atoms with Crippen molar-refractivity contribution in [3.8, 4) is 11.5 Å². The van der Waals surface area contributed by atoms with Gasteiger partial charge in [-0.15, -0.1) is 11.3 Å². The second kappa shape index (κ2) is 5.04. The molecule has 0 spiro atoms. The Morgan fingerprint density at radius 3 is 2.68 bits per heavy atom. The Morgan fingerprint density at radius 1 is 1.26 bits per heavy atom. The highest BCUT2D eigenvalue weighted by Crippen LogP contribution is 2.39. The number of rotatable bonds is 2. The Labute approximate surface area is 120 Å². The number of aliphatic hydroxyl groups is 1. The lowest BCUT2D eigenvalue weighted by Gasteiger charge is -2.20. The first-order chi connectivity index (χ1) is 9.16. The molecule has 1 aliphatic heterocycles. The highest BCUT2D eigenvalue weighted by Gasteiger charge is 2.20. The molecule has 0 fully saturated rings. The number of hydrogen-bond donors (Lipinski definition) is 1. The molecule has 0 saturated heterocycles. The number of hydrogen-bond acceptors (Lipinski definition) is 4. The maximum Gasteiger partial charge on any atom is 0.161 e. The number of thiophene rings is 1. The third-order valence-corrected chi connectivity index (χ3v) is 4.82. The molecule has 19 heavy (non-hydrogen) atoms. The van der Waals surface area contributed by atoms with Gasteiger partial charge in [-0.1, -0.05) is 17.7 Å². The first-order valence-corrected chi connectivity index (χ1v) is 7.23. The van der Waals surface area contributed by atoms with Gasteiger partial charge in [0, 0.05) is 0 Å². The van der Waals surface area contributed by atoms with Crippen LogP contribution in [0.15, 0.2) is 23.6 Å². The number of fused-ring (bicyclic) bond motifs is 1. The number of ether oxygens (including phenoxy) is 2. The molecule has 1 N–H and O–H groups in total. The van der Waals surface area contributed by atoms with E-state index in [0.717, 1.165) is 21.8 Å². The Morgan fingerprint density at radius 2 is 2.00 bits per heavy atom. The molecule has 3 rings (SSSR count). The van der Waals surface area contributed by atoms with Gasteiger partial charge in [-0.2, -0.15) is 0 Å². The number of benzene rings is 1. The van der Waals surface area contributed by atoms with E-state index in [9.17, 15) is 5.11 Å². The van der Waals surface area contributed by atoms with E-state index in [2.05, 4.69) is 0 Å². The van der Waals surface area contributed by atoms with Crippen LogP contribution in [0.1, 0.15) is 22.1 Å². The van der Waals surface area contributed by atoms with Gasteiger partial charge in [0.15, 0.2) is 11.5 Å². The van der Waals surface area contributed by atoms with Crippen LogP contribution in [-0.2, 0) is 0 Å². The van der Waals surface area contributed by atoms with Gasteiger partial charge in [-0.3, -0.25) is 0 Å². The van der Waals surface area contributed by atoms with Crippen molar-refractivity contribution in [2.45, 2.75) is 13.0 Å². The zero-order chi connectivity index (χ0) is 13.4. The van der Waals surface area contributed by atoms with Gasteiger partial charge in [0.05, 0.1) is 9.90 Å². The summed E-state index contributed by atoms with van der Waals surface area (Å²) in [4.78, 5) is 0.760. The monoisotopic (exact) mass is 296 g/mol. The van der Waals surface area contributed by atoms with Crippen LogP contribution < -0.4 is 9.47 Å². The van der Waals surface area contributed by atoms with E-state index in [0.29, 0.717) is 24.0 Å². The first-order valence-electron chi connectivity index (χ1n) is 5.98. The molecule has 1 aromatic heterocycles. The summed E-state index contributed by atoms with van der Waals surface area (Å²) in [5.74, 6) is 1.39. The van der Waals surface area contributed by atoms with Crippen molar-refractivity contribution in [1.82, 2.24) is 0 Å². The first kappa shape index (κ1) is 12.8. The van der Waals surface area contributed by atoms with Crippen molar-refractivity contribution < 1.29 is 14.6 Å². The summed E-state index contributed by atoms with van der Waals surface area (Å²) in [6.45, 7) is 3.02. The average Bonchev–Trinajstić information content (AvgIpc) is 2.78. The fourth-order valence-electron chi connectivity index (χ4n) is 2.02. The molecule has 0 radical (unpaired) electrons. The van der Waals surface area contributed by atoms with Crippen LogP contribution in [0.2, 0.25) is 5.02 Å². The highest BCUT2D eigenvalue weighted by atomic mass is 35.5. The smallest absolute Gasteiger partial charge is 0.161 e. The molecule has 0 aliphatic carbocycles. The maximum absolute atomic E-state index is 10.4. The van der Waals surface area contributed by atoms with Crippen LogP contribution in [0.3, 0.4) is 0 Å². The van der Waals surface area contributed by atoms with Gasteiger partial charge >= 0.3 is 0 Å². The minimum Gasteiger partial charge on any atom is -0.486 e. The lowest BCUT2D eigenvalue weighted by molar-refractivity contribution is 0.170. The van der Waals surface area contributed by atoms with E-state index in [4.69, 9.17) is 21.1 Å². The molecule has 2 aromatic rings. The molecular formula is C14H13ClO3S. The predicted molar refractivity (Wildman–Crippen MR) is 75.6 cm³/mol. The summed E-state index contributed by atoms with van der Waals surface area (Å²) in [5.41, 5.74) is 1.74. The van der Waals surface area contributed by atoms with Gasteiger partial charge in [0.25, 0.3) is 0 Å². The van der Waals surface area contributed by atoms with Crippen LogP contribution in [0.25, 0.3) is 0 Å². The maximum atomic E-state index is 10.4. The van der Waals surface area contributed by atoms with Crippen LogP contribution in [-0.4, -0.2) is 18.3 Å². The summed E-state index contributed by atoms with van der Waals surface area (Å²) in [7, 11) is 0. The molecular weight excluding hydrogens is 284 g/mol. The minimum atomic E-state index is -0.734. The normalized spacial score (nSPS) is 15.3. The summed E-state index contributed by atoms with van der Waals surface area (Å²) in [6.07, 6.45) is -0.734. The van der Waals surface area contributed by atoms with E-state index in [1.165, 1.54) is 11.3 Å². The van der Waals surface area contributed by atoms with Crippen molar-refractivity contribution in [3.05, 3.63) is 44.6 Å². The van der Waals surface area contributed by atoms with E-state index >= 15 is 0 Å². The van der Waals surface area contributed by atoms with Crippen LogP contribution in [0.5, 0.6) is 11.5 Å². The van der Waals surface area contributed by atoms with Crippen molar-refractivity contribution in [2.75, 3.05) is 13.2 Å². The molecule has 5 heteroatoms. The SMILES string of the molecule is Cc1csc(C(O)c2ccc3c(c2)OCCO3)c1Cl. The van der Waals surface area contributed by atoms with Crippen molar-refractivity contribution in [2.24, 2.45) is 0 Å². The van der Waals surface area contributed by atoms with Crippen LogP contribution >= 0.6 is 22.9 Å². The lowest BCUT2D eigenvalue weighted by atomic mass is 10.1. The number of aliphatic hydroxyl groups excluding tert-OH is 1. The molecule has 1 aromatic carbocycles. The van der Waals surface area contributed by atoms with Gasteiger partial charge in [-0.25, -0.2) is 0 Å². The summed E-state index contributed by atoms with van der Waals surface area (Å²) in [5, 5.41) is 13.0. The van der Waals surface area contributed by atoms with Crippen molar-refractivity contribution >= 4 is 22.9 Å². The van der Waals surface area contributed by atoms with E-state index in [-0.39, 0.29) is 0 Å². The standard InChI is InChI=1S/C14H13ClO3S/c1-8-7-19-14(12(8)15)13(16)9-2-3-10-11(6-9)18-5-4-17-10/h2-3,6-7,13,16H,4-5H2,1H3. The summed E-state index contributed by atoms with van der Waals surface area (Å²) in [6, 6.07) is 5.47. The lowest BCUT2D eigenvalue weighted by Crippen LogP contribution is -2.15. The third kappa shape index (κ3) is 2.31. The largest absolute Gasteiger partial charge is 0.486 e. The molecule has 0 bridgehead atoms. The Hall–Kier alpha value is -1.23. The second-order valence-corrected chi connectivity index (χ2v) is 5.69. The van der Waals surface area contributed by atoms with E-state index < -0.39 is 6.10 Å². The summed E-state index contributed by atoms with van der Waals surface area (Å²) < 4.78 is 11.0. The fourth-order valence-corrected chi connectivity index (χ4v) is 3.32. The van der Waals surface area contributed by atoms with Gasteiger partial charge < -0.3 is 14.6 Å². The molecule has 0 amide bonds. The molecule has 2 heterocycles. The quantitative estimate of drug-likeness (QED) is 0.921. The van der Waals surface area contributed by atoms with E-state index in [1.54, 1.807) is 0 Å². The molecule has 0 saturated carbocycles. The van der Waals surface area contributed by atoms with Crippen molar-refractivity contribution in [3.63, 3.8) is 0 Å². The van der Waals surface area contributed by atoms with Gasteiger partial charge in [0.1, 0.15) is 19.3 Å². The average molecular weight is 297 g/mol. The second-order valence-electron chi connectivity index (χ2n) is 4.40. The summed E-state index contributed by atoms with van der Waals surface area (Å²) >= 11 is 7.65. The molecule has 1 unspecified atom stereocenters. The Kier molecular flexibility index (Phi) is 3.39. The van der Waals surface area contributed by atoms with Crippen LogP contribution in [0.4, 0.5) is 0 Å². The minimum absolute atomic E-state index is 0.533. The van der Waals surface area contributed by atoms with Gasteiger partial charge in [-0.05, 0) is 35.6 Å². The zero-order valence-electron chi connectivity index (χ0n) is 10.4. The predicted octanol–water partition coefficient (Wildman–Crippen LogP) is 3.56. The highest BCUT2D eigenvalue weighted by molar-refractivity contribution is 7.10. The molecule has 1 atom stereocenters. The Bertz CT molecular complexity index is 609. The molecule has 1 aliphatic rings. The molecule has 3 nitrogen and oxygen atoms in total. The van der Waals surface area contributed by atoms with Gasteiger partial charge in [0.2, 0.25) is 0 Å². The Balaban J connectivity index is 1.95. The van der Waals surface area contributed by atoms with Crippen LogP contribution in [0, 0.1) is 6.92 Å². The number of aryl methyl sites for hydroxylation is 1. The number of halogens is 1. The topological polar surface area (TPSA) is 38.7 Å². The molecule has 100 valence electrons. The van der Waals surface area contributed by atoms with Crippen molar-refractivity contribution in [1.29, 1.82) is 0 Å². The zero-order valence-corrected chi connectivity index (χ0v) is 11.9. The third-order valence-electron chi connectivity index (χ3n) is 3.06.